The molecule has 0 saturated heterocycles. The summed E-state index contributed by atoms with van der Waals surface area (Å²) in [6.07, 6.45) is 0. The lowest BCUT2D eigenvalue weighted by atomic mass is 10.1. The third-order valence-electron chi connectivity index (χ3n) is 3.95. The molecule has 1 aliphatic rings. The molecule has 118 valence electrons. The molecule has 0 saturated carbocycles. The molecule has 1 unspecified atom stereocenters. The van der Waals surface area contributed by atoms with E-state index in [2.05, 4.69) is 5.32 Å². The van der Waals surface area contributed by atoms with E-state index in [0.29, 0.717) is 17.0 Å². The van der Waals surface area contributed by atoms with Crippen molar-refractivity contribution in [3.63, 3.8) is 0 Å². The van der Waals surface area contributed by atoms with Gasteiger partial charge in [-0.15, -0.1) is 0 Å². The zero-order valence-corrected chi connectivity index (χ0v) is 13.1. The van der Waals surface area contributed by atoms with Crippen LogP contribution in [-0.4, -0.2) is 25.5 Å². The average Bonchev–Trinajstić information content (AvgIpc) is 2.58. The maximum atomic E-state index is 12.4. The van der Waals surface area contributed by atoms with E-state index >= 15 is 0 Å². The molecule has 1 atom stereocenters. The van der Waals surface area contributed by atoms with Gasteiger partial charge in [0.05, 0.1) is 11.7 Å². The molecule has 0 aliphatic carbocycles. The first-order valence-corrected chi connectivity index (χ1v) is 7.45. The van der Waals surface area contributed by atoms with Gasteiger partial charge in [-0.3, -0.25) is 9.59 Å². The molecule has 0 spiro atoms. The van der Waals surface area contributed by atoms with E-state index in [0.717, 1.165) is 5.56 Å². The first-order chi connectivity index (χ1) is 11.1. The number of anilines is 1. The monoisotopic (exact) mass is 310 g/mol. The number of carbonyl (C=O) groups excluding carboxylic acids is 2. The van der Waals surface area contributed by atoms with Crippen molar-refractivity contribution in [2.45, 2.75) is 13.0 Å². The van der Waals surface area contributed by atoms with Crippen molar-refractivity contribution in [3.05, 3.63) is 59.7 Å². The molecule has 5 heteroatoms. The third kappa shape index (κ3) is 3.04. The SMILES string of the molecule is CC(NC(=O)c1ccc2c(c1)N(C)C(=O)CO2)c1ccccc1. The van der Waals surface area contributed by atoms with Gasteiger partial charge in [-0.25, -0.2) is 0 Å². The number of ether oxygens (including phenoxy) is 1. The Morgan fingerprint density at radius 3 is 2.70 bits per heavy atom. The van der Waals surface area contributed by atoms with E-state index in [1.165, 1.54) is 4.90 Å². The average molecular weight is 310 g/mol. The van der Waals surface area contributed by atoms with E-state index in [1.807, 2.05) is 37.3 Å². The summed E-state index contributed by atoms with van der Waals surface area (Å²) in [5, 5.41) is 2.96. The first-order valence-electron chi connectivity index (χ1n) is 7.45. The number of amides is 2. The first kappa shape index (κ1) is 15.1. The van der Waals surface area contributed by atoms with E-state index in [4.69, 9.17) is 4.74 Å². The van der Waals surface area contributed by atoms with Crippen LogP contribution in [0.5, 0.6) is 5.75 Å². The molecule has 0 radical (unpaired) electrons. The standard InChI is InChI=1S/C18H18N2O3/c1-12(13-6-4-3-5-7-13)19-18(22)14-8-9-16-15(10-14)20(2)17(21)11-23-16/h3-10,12H,11H2,1-2H3,(H,19,22). The van der Waals surface area contributed by atoms with Crippen LogP contribution in [0, 0.1) is 0 Å². The van der Waals surface area contributed by atoms with Crippen molar-refractivity contribution < 1.29 is 14.3 Å². The predicted molar refractivity (Wildman–Crippen MR) is 87.7 cm³/mol. The van der Waals surface area contributed by atoms with Crippen LogP contribution in [0.2, 0.25) is 0 Å². The molecular formula is C18H18N2O3. The van der Waals surface area contributed by atoms with Gasteiger partial charge in [0, 0.05) is 12.6 Å². The Kier molecular flexibility index (Phi) is 4.02. The zero-order valence-electron chi connectivity index (χ0n) is 13.1. The molecular weight excluding hydrogens is 292 g/mol. The summed E-state index contributed by atoms with van der Waals surface area (Å²) in [7, 11) is 1.68. The number of hydrogen-bond acceptors (Lipinski definition) is 3. The number of nitrogens with one attached hydrogen (secondary N) is 1. The summed E-state index contributed by atoms with van der Waals surface area (Å²) in [6, 6.07) is 14.8. The molecule has 2 aromatic rings. The second-order valence-corrected chi connectivity index (χ2v) is 5.53. The Balaban J connectivity index is 1.79. The molecule has 1 N–H and O–H groups in total. The Labute approximate surface area is 134 Å². The molecule has 1 aliphatic heterocycles. The van der Waals surface area contributed by atoms with Crippen LogP contribution in [0.3, 0.4) is 0 Å². The van der Waals surface area contributed by atoms with Crippen LogP contribution in [0.1, 0.15) is 28.9 Å². The van der Waals surface area contributed by atoms with Gasteiger partial charge in [0.2, 0.25) is 0 Å². The van der Waals surface area contributed by atoms with Crippen LogP contribution >= 0.6 is 0 Å². The minimum absolute atomic E-state index is 0.0279. The van der Waals surface area contributed by atoms with Gasteiger partial charge in [0.25, 0.3) is 11.8 Å². The predicted octanol–water partition coefficient (Wildman–Crippen LogP) is 2.53. The molecule has 0 fully saturated rings. The van der Waals surface area contributed by atoms with Crippen molar-refractivity contribution in [1.82, 2.24) is 5.32 Å². The quantitative estimate of drug-likeness (QED) is 0.948. The number of rotatable bonds is 3. The summed E-state index contributed by atoms with van der Waals surface area (Å²) in [4.78, 5) is 25.7. The molecule has 23 heavy (non-hydrogen) atoms. The lowest BCUT2D eigenvalue weighted by molar-refractivity contribution is -0.120. The van der Waals surface area contributed by atoms with Gasteiger partial charge in [0.1, 0.15) is 5.75 Å². The number of hydrogen-bond donors (Lipinski definition) is 1. The van der Waals surface area contributed by atoms with Crippen LogP contribution in [0.4, 0.5) is 5.69 Å². The highest BCUT2D eigenvalue weighted by molar-refractivity contribution is 6.01. The Bertz CT molecular complexity index is 743. The number of likely N-dealkylation sites (N-methyl/N-ethyl adjacent to an activating group) is 1. The van der Waals surface area contributed by atoms with Crippen molar-refractivity contribution in [2.24, 2.45) is 0 Å². The van der Waals surface area contributed by atoms with Gasteiger partial charge in [-0.2, -0.15) is 0 Å². The fourth-order valence-corrected chi connectivity index (χ4v) is 2.52. The fraction of sp³-hybridized carbons (Fsp3) is 0.222. The molecule has 3 rings (SSSR count). The number of fused-ring (bicyclic) bond motifs is 1. The van der Waals surface area contributed by atoms with E-state index in [9.17, 15) is 9.59 Å². The summed E-state index contributed by atoms with van der Waals surface area (Å²) in [6.45, 7) is 1.96. The largest absolute Gasteiger partial charge is 0.482 e. The summed E-state index contributed by atoms with van der Waals surface area (Å²) in [5.74, 6) is 0.294. The van der Waals surface area contributed by atoms with Crippen molar-refractivity contribution in [3.8, 4) is 5.75 Å². The van der Waals surface area contributed by atoms with Gasteiger partial charge in [-0.05, 0) is 30.7 Å². The molecule has 1 heterocycles. The minimum atomic E-state index is -0.185. The van der Waals surface area contributed by atoms with Crippen molar-refractivity contribution >= 4 is 17.5 Å². The normalized spacial score (nSPS) is 14.7. The molecule has 5 nitrogen and oxygen atoms in total. The van der Waals surface area contributed by atoms with Gasteiger partial charge in [0.15, 0.2) is 6.61 Å². The van der Waals surface area contributed by atoms with Crippen LogP contribution in [-0.2, 0) is 4.79 Å². The van der Waals surface area contributed by atoms with Crippen molar-refractivity contribution in [1.29, 1.82) is 0 Å². The smallest absolute Gasteiger partial charge is 0.264 e. The molecule has 0 bridgehead atoms. The lowest BCUT2D eigenvalue weighted by Gasteiger charge is -2.26. The number of benzene rings is 2. The van der Waals surface area contributed by atoms with Crippen LogP contribution < -0.4 is 15.0 Å². The van der Waals surface area contributed by atoms with Gasteiger partial charge >= 0.3 is 0 Å². The van der Waals surface area contributed by atoms with Crippen LogP contribution in [0.15, 0.2) is 48.5 Å². The third-order valence-corrected chi connectivity index (χ3v) is 3.95. The van der Waals surface area contributed by atoms with Crippen LogP contribution in [0.25, 0.3) is 0 Å². The second kappa shape index (κ2) is 6.12. The molecule has 2 aromatic carbocycles. The highest BCUT2D eigenvalue weighted by atomic mass is 16.5. The second-order valence-electron chi connectivity index (χ2n) is 5.53. The van der Waals surface area contributed by atoms with Crippen molar-refractivity contribution in [2.75, 3.05) is 18.6 Å². The Morgan fingerprint density at radius 2 is 1.96 bits per heavy atom. The minimum Gasteiger partial charge on any atom is -0.482 e. The number of nitrogens with zero attached hydrogens (tertiary/aromatic N) is 1. The summed E-state index contributed by atoms with van der Waals surface area (Å²) >= 11 is 0. The molecule has 0 aromatic heterocycles. The van der Waals surface area contributed by atoms with E-state index < -0.39 is 0 Å². The van der Waals surface area contributed by atoms with Gasteiger partial charge in [-0.1, -0.05) is 30.3 Å². The Morgan fingerprint density at radius 1 is 1.22 bits per heavy atom. The molecule has 2 amide bonds. The maximum absolute atomic E-state index is 12.4. The highest BCUT2D eigenvalue weighted by Crippen LogP contribution is 2.32. The fourth-order valence-electron chi connectivity index (χ4n) is 2.52. The summed E-state index contributed by atoms with van der Waals surface area (Å²) in [5.41, 5.74) is 2.15. The lowest BCUT2D eigenvalue weighted by Crippen LogP contribution is -2.35. The number of carbonyl (C=O) groups is 2. The van der Waals surface area contributed by atoms with E-state index in [-0.39, 0.29) is 24.5 Å². The van der Waals surface area contributed by atoms with Gasteiger partial charge < -0.3 is 15.0 Å². The van der Waals surface area contributed by atoms with E-state index in [1.54, 1.807) is 25.2 Å². The maximum Gasteiger partial charge on any atom is 0.264 e. The highest BCUT2D eigenvalue weighted by Gasteiger charge is 2.23. The Hall–Kier alpha value is -2.82. The topological polar surface area (TPSA) is 58.6 Å². The zero-order chi connectivity index (χ0) is 16.4. The summed E-state index contributed by atoms with van der Waals surface area (Å²) < 4.78 is 5.37.